The molecule has 88 valence electrons. The van der Waals surface area contributed by atoms with E-state index in [4.69, 9.17) is 11.6 Å². The van der Waals surface area contributed by atoms with Crippen LogP contribution in [0.5, 0.6) is 0 Å². The van der Waals surface area contributed by atoms with E-state index < -0.39 is 0 Å². The van der Waals surface area contributed by atoms with Gasteiger partial charge in [0.2, 0.25) is 9.47 Å². The number of amides is 1. The predicted octanol–water partition coefficient (Wildman–Crippen LogP) is 2.50. The zero-order valence-electron chi connectivity index (χ0n) is 9.12. The molecule has 1 saturated carbocycles. The minimum atomic E-state index is -0.160. The summed E-state index contributed by atoms with van der Waals surface area (Å²) in [4.78, 5) is 11.7. The van der Waals surface area contributed by atoms with Gasteiger partial charge in [0.25, 0.3) is 5.91 Å². The van der Waals surface area contributed by atoms with Crippen molar-refractivity contribution in [3.8, 4) is 0 Å². The first-order valence-corrected chi connectivity index (χ1v) is 6.62. The Hall–Kier alpha value is -0.680. The fourth-order valence-corrected chi connectivity index (χ4v) is 2.61. The highest BCUT2D eigenvalue weighted by Crippen LogP contribution is 2.48. The first kappa shape index (κ1) is 11.8. The largest absolute Gasteiger partial charge is 0.349 e. The van der Waals surface area contributed by atoms with Crippen LogP contribution in [0.15, 0.2) is 0 Å². The molecule has 0 aromatic carbocycles. The quantitative estimate of drug-likeness (QED) is 0.884. The number of nitrogens with one attached hydrogen (secondary N) is 1. The molecule has 0 spiro atoms. The van der Waals surface area contributed by atoms with Crippen LogP contribution in [0.4, 0.5) is 0 Å². The monoisotopic (exact) mass is 259 g/mol. The minimum absolute atomic E-state index is 0.160. The zero-order valence-corrected chi connectivity index (χ0v) is 10.7. The Morgan fingerprint density at radius 2 is 2.31 bits per heavy atom. The van der Waals surface area contributed by atoms with Gasteiger partial charge in [-0.2, -0.15) is 0 Å². The van der Waals surface area contributed by atoms with Crippen molar-refractivity contribution in [1.82, 2.24) is 15.5 Å². The van der Waals surface area contributed by atoms with Crippen LogP contribution in [0.1, 0.15) is 42.4 Å². The van der Waals surface area contributed by atoms with Crippen LogP contribution in [0.25, 0.3) is 0 Å². The number of halogens is 1. The summed E-state index contributed by atoms with van der Waals surface area (Å²) in [5, 5.41) is 10.6. The van der Waals surface area contributed by atoms with Crippen molar-refractivity contribution >= 4 is 28.8 Å². The predicted molar refractivity (Wildman–Crippen MR) is 63.8 cm³/mol. The fourth-order valence-electron chi connectivity index (χ4n) is 1.86. The SMILES string of the molecule is CCCC1(CNC(=O)c2nnc(Cl)s2)CC1. The third-order valence-electron chi connectivity index (χ3n) is 2.96. The van der Waals surface area contributed by atoms with Gasteiger partial charge in [0.05, 0.1) is 0 Å². The van der Waals surface area contributed by atoms with E-state index in [2.05, 4.69) is 22.4 Å². The van der Waals surface area contributed by atoms with Gasteiger partial charge in [-0.1, -0.05) is 24.7 Å². The molecule has 0 saturated heterocycles. The lowest BCUT2D eigenvalue weighted by Crippen LogP contribution is -2.30. The molecule has 4 nitrogen and oxygen atoms in total. The summed E-state index contributed by atoms with van der Waals surface area (Å²) in [5.41, 5.74) is 0.360. The summed E-state index contributed by atoms with van der Waals surface area (Å²) in [6.45, 7) is 2.92. The van der Waals surface area contributed by atoms with E-state index in [0.29, 0.717) is 14.9 Å². The van der Waals surface area contributed by atoms with Crippen LogP contribution >= 0.6 is 22.9 Å². The van der Waals surface area contributed by atoms with Crippen LogP contribution in [0.3, 0.4) is 0 Å². The number of carbonyl (C=O) groups is 1. The van der Waals surface area contributed by atoms with E-state index in [1.165, 1.54) is 25.7 Å². The Labute approximate surface area is 103 Å². The lowest BCUT2D eigenvalue weighted by atomic mass is 10.0. The van der Waals surface area contributed by atoms with Gasteiger partial charge in [-0.15, -0.1) is 10.2 Å². The highest BCUT2D eigenvalue weighted by atomic mass is 35.5. The Morgan fingerprint density at radius 1 is 1.56 bits per heavy atom. The average molecular weight is 260 g/mol. The Morgan fingerprint density at radius 3 is 2.81 bits per heavy atom. The van der Waals surface area contributed by atoms with E-state index in [1.54, 1.807) is 0 Å². The van der Waals surface area contributed by atoms with Gasteiger partial charge in [-0.25, -0.2) is 0 Å². The summed E-state index contributed by atoms with van der Waals surface area (Å²) in [6, 6.07) is 0. The normalized spacial score (nSPS) is 17.1. The van der Waals surface area contributed by atoms with E-state index in [9.17, 15) is 4.79 Å². The molecule has 0 aliphatic heterocycles. The number of nitrogens with zero attached hydrogens (tertiary/aromatic N) is 2. The Balaban J connectivity index is 1.84. The second kappa shape index (κ2) is 4.67. The molecular formula is C10H14ClN3OS. The van der Waals surface area contributed by atoms with Gasteiger partial charge in [-0.3, -0.25) is 4.79 Å². The summed E-state index contributed by atoms with van der Waals surface area (Å²) >= 11 is 6.73. The highest BCUT2D eigenvalue weighted by Gasteiger charge is 2.41. The summed E-state index contributed by atoms with van der Waals surface area (Å²) < 4.78 is 0.305. The summed E-state index contributed by atoms with van der Waals surface area (Å²) in [7, 11) is 0. The lowest BCUT2D eigenvalue weighted by Gasteiger charge is -2.13. The van der Waals surface area contributed by atoms with Crippen molar-refractivity contribution in [3.05, 3.63) is 9.47 Å². The van der Waals surface area contributed by atoms with Crippen molar-refractivity contribution in [1.29, 1.82) is 0 Å². The summed E-state index contributed by atoms with van der Waals surface area (Å²) in [6.07, 6.45) is 4.79. The van der Waals surface area contributed by atoms with Gasteiger partial charge in [0.1, 0.15) is 0 Å². The maximum Gasteiger partial charge on any atom is 0.282 e. The molecule has 1 aromatic heterocycles. The third-order valence-corrected chi connectivity index (χ3v) is 3.97. The molecule has 1 aromatic rings. The molecule has 1 heterocycles. The van der Waals surface area contributed by atoms with Crippen LogP contribution in [-0.4, -0.2) is 22.6 Å². The van der Waals surface area contributed by atoms with Crippen LogP contribution in [0.2, 0.25) is 4.47 Å². The van der Waals surface area contributed by atoms with Gasteiger partial charge in [0.15, 0.2) is 0 Å². The molecule has 0 bridgehead atoms. The van der Waals surface area contributed by atoms with Gasteiger partial charge in [-0.05, 0) is 36.3 Å². The van der Waals surface area contributed by atoms with E-state index in [1.807, 2.05) is 0 Å². The van der Waals surface area contributed by atoms with Crippen LogP contribution in [-0.2, 0) is 0 Å². The maximum atomic E-state index is 11.7. The van der Waals surface area contributed by atoms with Crippen LogP contribution in [0, 0.1) is 5.41 Å². The molecule has 16 heavy (non-hydrogen) atoms. The molecule has 1 N–H and O–H groups in total. The number of rotatable bonds is 5. The van der Waals surface area contributed by atoms with Crippen molar-refractivity contribution in [2.24, 2.45) is 5.41 Å². The van der Waals surface area contributed by atoms with Crippen molar-refractivity contribution < 1.29 is 4.79 Å². The second-order valence-corrected chi connectivity index (χ2v) is 5.85. The first-order chi connectivity index (χ1) is 7.65. The fraction of sp³-hybridized carbons (Fsp3) is 0.700. The van der Waals surface area contributed by atoms with E-state index >= 15 is 0 Å². The average Bonchev–Trinajstić information content (AvgIpc) is 2.89. The maximum absolute atomic E-state index is 11.7. The molecule has 0 atom stereocenters. The molecule has 1 aliphatic rings. The highest BCUT2D eigenvalue weighted by molar-refractivity contribution is 7.17. The molecular weight excluding hydrogens is 246 g/mol. The molecule has 1 amide bonds. The van der Waals surface area contributed by atoms with E-state index in [-0.39, 0.29) is 5.91 Å². The Bertz CT molecular complexity index is 389. The van der Waals surface area contributed by atoms with Gasteiger partial charge in [0, 0.05) is 6.54 Å². The van der Waals surface area contributed by atoms with Gasteiger partial charge >= 0.3 is 0 Å². The molecule has 2 rings (SSSR count). The smallest absolute Gasteiger partial charge is 0.282 e. The number of carbonyl (C=O) groups excluding carboxylic acids is 1. The molecule has 1 aliphatic carbocycles. The van der Waals surface area contributed by atoms with E-state index in [0.717, 1.165) is 17.9 Å². The van der Waals surface area contributed by atoms with Crippen LogP contribution < -0.4 is 5.32 Å². The topological polar surface area (TPSA) is 54.9 Å². The second-order valence-electron chi connectivity index (χ2n) is 4.29. The summed E-state index contributed by atoms with van der Waals surface area (Å²) in [5.74, 6) is -0.160. The Kier molecular flexibility index (Phi) is 3.44. The molecule has 0 unspecified atom stereocenters. The lowest BCUT2D eigenvalue weighted by molar-refractivity contribution is 0.0942. The van der Waals surface area contributed by atoms with Crippen molar-refractivity contribution in [3.63, 3.8) is 0 Å². The number of hydrogen-bond donors (Lipinski definition) is 1. The number of hydrogen-bond acceptors (Lipinski definition) is 4. The molecule has 6 heteroatoms. The molecule has 0 radical (unpaired) electrons. The minimum Gasteiger partial charge on any atom is -0.349 e. The number of aromatic nitrogens is 2. The van der Waals surface area contributed by atoms with Gasteiger partial charge < -0.3 is 5.32 Å². The standard InChI is InChI=1S/C10H14ClN3OS/c1-2-3-10(4-5-10)6-12-7(15)8-13-14-9(11)16-8/h2-6H2,1H3,(H,12,15). The van der Waals surface area contributed by atoms with Crippen molar-refractivity contribution in [2.45, 2.75) is 32.6 Å². The molecule has 1 fully saturated rings. The zero-order chi connectivity index (χ0) is 11.6. The third kappa shape index (κ3) is 2.71. The first-order valence-electron chi connectivity index (χ1n) is 5.42. The van der Waals surface area contributed by atoms with Crippen molar-refractivity contribution in [2.75, 3.05) is 6.54 Å².